The fourth-order valence-electron chi connectivity index (χ4n) is 0.767. The zero-order valence-electron chi connectivity index (χ0n) is 7.72. The van der Waals surface area contributed by atoms with Crippen LogP contribution in [0.4, 0.5) is 0 Å². The van der Waals surface area contributed by atoms with Crippen LogP contribution in [0.1, 0.15) is 13.8 Å². The normalized spacial score (nSPS) is 19.4. The first kappa shape index (κ1) is 10.9. The molecule has 0 radical (unpaired) electrons. The van der Waals surface area contributed by atoms with Gasteiger partial charge in [-0.05, 0) is 6.82 Å². The number of nitrogens with one attached hydrogen (secondary N) is 1. The summed E-state index contributed by atoms with van der Waals surface area (Å²) in [6.07, 6.45) is 0. The van der Waals surface area contributed by atoms with Crippen molar-refractivity contribution in [3.05, 3.63) is 0 Å². The fourth-order valence-corrected chi connectivity index (χ4v) is 0.767. The molecule has 1 aliphatic heterocycles. The first-order valence-corrected chi connectivity index (χ1v) is 4.33. The standard InChI is InChI=1S/C5H12BNO2.C2H6/c1-6-8-4-2-7-3-5-9-6;1-2/h7H,2-5H2,1H3;1-2H3. The first-order chi connectivity index (χ1) is 5.39. The quantitative estimate of drug-likeness (QED) is 0.529. The van der Waals surface area contributed by atoms with E-state index in [9.17, 15) is 0 Å². The molecular formula is C7H18BNO2. The molecule has 1 rings (SSSR count). The third-order valence-corrected chi connectivity index (χ3v) is 1.26. The molecule has 0 aromatic rings. The minimum Gasteiger partial charge on any atom is -0.410 e. The van der Waals surface area contributed by atoms with Crippen LogP contribution in [0.15, 0.2) is 0 Å². The van der Waals surface area contributed by atoms with E-state index in [1.807, 2.05) is 20.7 Å². The van der Waals surface area contributed by atoms with Gasteiger partial charge in [-0.3, -0.25) is 0 Å². The Morgan fingerprint density at radius 3 is 2.00 bits per heavy atom. The van der Waals surface area contributed by atoms with Crippen LogP contribution in [0.5, 0.6) is 0 Å². The van der Waals surface area contributed by atoms with Gasteiger partial charge in [-0.15, -0.1) is 0 Å². The summed E-state index contributed by atoms with van der Waals surface area (Å²) in [7, 11) is -0.0212. The topological polar surface area (TPSA) is 30.5 Å². The van der Waals surface area contributed by atoms with Crippen LogP contribution in [0.3, 0.4) is 0 Å². The van der Waals surface area contributed by atoms with Crippen molar-refractivity contribution >= 4 is 7.12 Å². The first-order valence-electron chi connectivity index (χ1n) is 4.33. The second-order valence-electron chi connectivity index (χ2n) is 2.06. The molecule has 1 aliphatic rings. The van der Waals surface area contributed by atoms with Gasteiger partial charge in [0, 0.05) is 26.3 Å². The zero-order chi connectivity index (χ0) is 8.53. The Labute approximate surface area is 69.6 Å². The van der Waals surface area contributed by atoms with Crippen molar-refractivity contribution in [1.82, 2.24) is 5.32 Å². The Hall–Kier alpha value is -0.0551. The minimum atomic E-state index is -0.0212. The van der Waals surface area contributed by atoms with Crippen LogP contribution in [0.2, 0.25) is 6.82 Å². The van der Waals surface area contributed by atoms with Crippen molar-refractivity contribution in [2.75, 3.05) is 26.3 Å². The summed E-state index contributed by atoms with van der Waals surface area (Å²) in [5.74, 6) is 0. The van der Waals surface area contributed by atoms with Gasteiger partial charge in [0.25, 0.3) is 0 Å². The molecule has 0 spiro atoms. The SMILES string of the molecule is CB1OCCNCCO1.CC. The molecule has 66 valence electrons. The van der Waals surface area contributed by atoms with E-state index in [0.29, 0.717) is 0 Å². The zero-order valence-corrected chi connectivity index (χ0v) is 7.72. The maximum Gasteiger partial charge on any atom is 0.453 e. The summed E-state index contributed by atoms with van der Waals surface area (Å²) < 4.78 is 10.4. The Kier molecular flexibility index (Phi) is 8.01. The molecule has 1 fully saturated rings. The predicted molar refractivity (Wildman–Crippen MR) is 47.7 cm³/mol. The summed E-state index contributed by atoms with van der Waals surface area (Å²) in [4.78, 5) is 0. The van der Waals surface area contributed by atoms with E-state index >= 15 is 0 Å². The smallest absolute Gasteiger partial charge is 0.410 e. The summed E-state index contributed by atoms with van der Waals surface area (Å²) >= 11 is 0. The molecule has 0 atom stereocenters. The number of hydrogen-bond acceptors (Lipinski definition) is 3. The third kappa shape index (κ3) is 6.35. The predicted octanol–water partition coefficient (Wildman–Crippen LogP) is 0.767. The molecule has 0 unspecified atom stereocenters. The molecule has 4 heteroatoms. The highest BCUT2D eigenvalue weighted by Gasteiger charge is 2.10. The Balaban J connectivity index is 0.000000461. The van der Waals surface area contributed by atoms with Gasteiger partial charge in [0.2, 0.25) is 0 Å². The molecule has 1 N–H and O–H groups in total. The maximum absolute atomic E-state index is 5.20. The minimum absolute atomic E-state index is 0.0212. The Morgan fingerprint density at radius 1 is 1.09 bits per heavy atom. The van der Waals surface area contributed by atoms with E-state index in [4.69, 9.17) is 9.31 Å². The van der Waals surface area contributed by atoms with E-state index in [2.05, 4.69) is 5.32 Å². The van der Waals surface area contributed by atoms with E-state index in [-0.39, 0.29) is 7.12 Å². The highest BCUT2D eigenvalue weighted by Crippen LogP contribution is 1.89. The van der Waals surface area contributed by atoms with E-state index in [1.54, 1.807) is 0 Å². The van der Waals surface area contributed by atoms with Crippen LogP contribution >= 0.6 is 0 Å². The van der Waals surface area contributed by atoms with Crippen LogP contribution in [0, 0.1) is 0 Å². The molecule has 3 nitrogen and oxygen atoms in total. The van der Waals surface area contributed by atoms with Gasteiger partial charge in [-0.25, -0.2) is 0 Å². The highest BCUT2D eigenvalue weighted by atomic mass is 16.6. The van der Waals surface area contributed by atoms with E-state index < -0.39 is 0 Å². The molecule has 1 heterocycles. The van der Waals surface area contributed by atoms with Gasteiger partial charge in [0.15, 0.2) is 0 Å². The molecule has 0 aromatic carbocycles. The Bertz CT molecular complexity index is 74.8. The summed E-state index contributed by atoms with van der Waals surface area (Å²) in [5, 5.41) is 3.16. The fraction of sp³-hybridized carbons (Fsp3) is 1.00. The number of rotatable bonds is 0. The molecule has 0 amide bonds. The van der Waals surface area contributed by atoms with Gasteiger partial charge < -0.3 is 14.6 Å². The number of hydrogen-bond donors (Lipinski definition) is 1. The van der Waals surface area contributed by atoms with Gasteiger partial charge in [0.05, 0.1) is 0 Å². The largest absolute Gasteiger partial charge is 0.453 e. The summed E-state index contributed by atoms with van der Waals surface area (Å²) in [5.41, 5.74) is 0. The van der Waals surface area contributed by atoms with Crippen LogP contribution < -0.4 is 5.32 Å². The van der Waals surface area contributed by atoms with Gasteiger partial charge >= 0.3 is 7.12 Å². The van der Waals surface area contributed by atoms with Gasteiger partial charge in [0.1, 0.15) is 0 Å². The summed E-state index contributed by atoms with van der Waals surface area (Å²) in [6, 6.07) is 0. The van der Waals surface area contributed by atoms with Crippen LogP contribution in [-0.4, -0.2) is 33.4 Å². The van der Waals surface area contributed by atoms with Gasteiger partial charge in [-0.2, -0.15) is 0 Å². The van der Waals surface area contributed by atoms with E-state index in [0.717, 1.165) is 26.3 Å². The molecular weight excluding hydrogens is 141 g/mol. The van der Waals surface area contributed by atoms with Gasteiger partial charge in [-0.1, -0.05) is 13.8 Å². The highest BCUT2D eigenvalue weighted by molar-refractivity contribution is 6.42. The molecule has 0 saturated carbocycles. The summed E-state index contributed by atoms with van der Waals surface area (Å²) in [6.45, 7) is 9.30. The van der Waals surface area contributed by atoms with Crippen molar-refractivity contribution in [3.8, 4) is 0 Å². The molecule has 0 aromatic heterocycles. The lowest BCUT2D eigenvalue weighted by Gasteiger charge is -2.14. The van der Waals surface area contributed by atoms with Crippen molar-refractivity contribution in [2.24, 2.45) is 0 Å². The lowest BCUT2D eigenvalue weighted by Crippen LogP contribution is -2.33. The average molecular weight is 159 g/mol. The second-order valence-corrected chi connectivity index (χ2v) is 2.06. The van der Waals surface area contributed by atoms with E-state index in [1.165, 1.54) is 0 Å². The Morgan fingerprint density at radius 2 is 1.55 bits per heavy atom. The van der Waals surface area contributed by atoms with Crippen molar-refractivity contribution in [2.45, 2.75) is 20.7 Å². The molecule has 11 heavy (non-hydrogen) atoms. The lowest BCUT2D eigenvalue weighted by molar-refractivity contribution is 0.182. The maximum atomic E-state index is 5.20. The van der Waals surface area contributed by atoms with Crippen molar-refractivity contribution < 1.29 is 9.31 Å². The lowest BCUT2D eigenvalue weighted by atomic mass is 9.95. The molecule has 0 bridgehead atoms. The van der Waals surface area contributed by atoms with Crippen LogP contribution in [-0.2, 0) is 9.31 Å². The van der Waals surface area contributed by atoms with Crippen molar-refractivity contribution in [1.29, 1.82) is 0 Å². The molecule has 0 aliphatic carbocycles. The van der Waals surface area contributed by atoms with Crippen molar-refractivity contribution in [3.63, 3.8) is 0 Å². The van der Waals surface area contributed by atoms with Crippen LogP contribution in [0.25, 0.3) is 0 Å². The second kappa shape index (κ2) is 8.05. The average Bonchev–Trinajstić information content (AvgIpc) is 2.01. The third-order valence-electron chi connectivity index (χ3n) is 1.26. The molecule has 1 saturated heterocycles. The monoisotopic (exact) mass is 159 g/mol.